The van der Waals surface area contributed by atoms with Crippen molar-refractivity contribution in [3.8, 4) is 11.8 Å². The molecule has 0 bridgehead atoms. The quantitative estimate of drug-likeness (QED) is 0.634. The minimum atomic E-state index is -0.950. The molecule has 3 rings (SSSR count). The summed E-state index contributed by atoms with van der Waals surface area (Å²) in [6.45, 7) is 3.65. The van der Waals surface area contributed by atoms with E-state index < -0.39 is 24.0 Å². The molecule has 3 N–H and O–H groups in total. The molecule has 2 aromatic heterocycles. The van der Waals surface area contributed by atoms with Crippen molar-refractivity contribution in [3.63, 3.8) is 0 Å². The number of imidazole rings is 1. The number of nitrogens with two attached hydrogens (primary N) is 1. The molecule has 1 fully saturated rings. The Bertz CT molecular complexity index is 781. The van der Waals surface area contributed by atoms with Gasteiger partial charge in [-0.15, -0.1) is 5.92 Å². The van der Waals surface area contributed by atoms with Crippen LogP contribution in [0.15, 0.2) is 6.33 Å². The molecule has 22 heavy (non-hydrogen) atoms. The Kier molecular flexibility index (Phi) is 3.47. The summed E-state index contributed by atoms with van der Waals surface area (Å²) >= 11 is 0. The first-order chi connectivity index (χ1) is 10.5. The standard InChI is InChI=1S/C14H16FN5O2/c1-3-5-14(4-2)6-8(21)12(22-14)20-7-17-9-10(16)18-13(15)19-11(9)20/h7-8,12,21H,4,6H2,1-2H3,(H2,16,18,19)/t8?,12-,14+/m1/s1. The number of anilines is 1. The highest BCUT2D eigenvalue weighted by atomic mass is 19.1. The molecule has 3 atom stereocenters. The molecule has 0 aromatic carbocycles. The van der Waals surface area contributed by atoms with E-state index in [-0.39, 0.29) is 17.0 Å². The van der Waals surface area contributed by atoms with Crippen molar-refractivity contribution in [2.75, 3.05) is 5.73 Å². The van der Waals surface area contributed by atoms with Crippen LogP contribution < -0.4 is 5.73 Å². The van der Waals surface area contributed by atoms with Gasteiger partial charge in [0.25, 0.3) is 0 Å². The summed E-state index contributed by atoms with van der Waals surface area (Å²) in [6.07, 6.45) is -0.114. The highest BCUT2D eigenvalue weighted by Gasteiger charge is 2.45. The summed E-state index contributed by atoms with van der Waals surface area (Å²) in [4.78, 5) is 11.2. The molecule has 1 unspecified atom stereocenters. The number of hydrogen-bond acceptors (Lipinski definition) is 6. The van der Waals surface area contributed by atoms with E-state index in [4.69, 9.17) is 10.5 Å². The molecule has 2 aromatic rings. The van der Waals surface area contributed by atoms with E-state index in [9.17, 15) is 9.50 Å². The first-order valence-corrected chi connectivity index (χ1v) is 6.95. The predicted molar refractivity (Wildman–Crippen MR) is 76.9 cm³/mol. The minimum Gasteiger partial charge on any atom is -0.388 e. The number of aliphatic hydroxyl groups excluding tert-OH is 1. The smallest absolute Gasteiger partial charge is 0.312 e. The maximum atomic E-state index is 13.4. The predicted octanol–water partition coefficient (Wildman–Crippen LogP) is 1.000. The van der Waals surface area contributed by atoms with E-state index in [1.165, 1.54) is 10.9 Å². The molecule has 0 amide bonds. The van der Waals surface area contributed by atoms with Gasteiger partial charge in [0.05, 0.1) is 6.33 Å². The Hall–Kier alpha value is -2.24. The lowest BCUT2D eigenvalue weighted by atomic mass is 9.96. The van der Waals surface area contributed by atoms with E-state index in [0.29, 0.717) is 12.8 Å². The SMILES string of the molecule is CC#C[C@@]1(CC)CC(O)[C@H](n2cnc3c(N)nc(F)nc32)O1. The molecule has 3 heterocycles. The van der Waals surface area contributed by atoms with Gasteiger partial charge in [0, 0.05) is 6.42 Å². The molecule has 0 spiro atoms. The largest absolute Gasteiger partial charge is 0.388 e. The third-order valence-electron chi connectivity index (χ3n) is 3.83. The van der Waals surface area contributed by atoms with E-state index >= 15 is 0 Å². The first kappa shape index (κ1) is 14.7. The summed E-state index contributed by atoms with van der Waals surface area (Å²) in [5.41, 5.74) is 5.37. The van der Waals surface area contributed by atoms with Gasteiger partial charge in [-0.1, -0.05) is 12.8 Å². The number of nitrogen functional groups attached to an aromatic ring is 1. The van der Waals surface area contributed by atoms with Crippen LogP contribution in [0.2, 0.25) is 0 Å². The van der Waals surface area contributed by atoms with Gasteiger partial charge in [-0.2, -0.15) is 14.4 Å². The molecule has 0 radical (unpaired) electrons. The van der Waals surface area contributed by atoms with Crippen LogP contribution in [0.3, 0.4) is 0 Å². The normalized spacial score (nSPS) is 27.8. The molecule has 8 heteroatoms. The molecule has 1 aliphatic heterocycles. The van der Waals surface area contributed by atoms with Gasteiger partial charge in [-0.25, -0.2) is 4.98 Å². The number of fused-ring (bicyclic) bond motifs is 1. The van der Waals surface area contributed by atoms with Crippen LogP contribution in [0.25, 0.3) is 11.2 Å². The number of ether oxygens (including phenoxy) is 1. The Morgan fingerprint density at radius 3 is 3.05 bits per heavy atom. The van der Waals surface area contributed by atoms with Gasteiger partial charge in [0.15, 0.2) is 23.2 Å². The van der Waals surface area contributed by atoms with Gasteiger partial charge >= 0.3 is 6.08 Å². The monoisotopic (exact) mass is 305 g/mol. The zero-order valence-electron chi connectivity index (χ0n) is 12.2. The highest BCUT2D eigenvalue weighted by molar-refractivity contribution is 5.81. The van der Waals surface area contributed by atoms with Gasteiger partial charge in [0.2, 0.25) is 0 Å². The molecule has 0 aliphatic carbocycles. The zero-order chi connectivity index (χ0) is 15.9. The summed E-state index contributed by atoms with van der Waals surface area (Å²) in [6, 6.07) is 0. The van der Waals surface area contributed by atoms with Gasteiger partial charge in [-0.05, 0) is 13.3 Å². The summed E-state index contributed by atoms with van der Waals surface area (Å²) in [7, 11) is 0. The molecule has 1 aliphatic rings. The fraction of sp³-hybridized carbons (Fsp3) is 0.500. The Morgan fingerprint density at radius 2 is 2.36 bits per heavy atom. The van der Waals surface area contributed by atoms with Crippen molar-refractivity contribution < 1.29 is 14.2 Å². The fourth-order valence-electron chi connectivity index (χ4n) is 2.76. The number of nitrogens with zero attached hydrogens (tertiary/aromatic N) is 4. The fourth-order valence-corrected chi connectivity index (χ4v) is 2.76. The van der Waals surface area contributed by atoms with Crippen molar-refractivity contribution in [2.45, 2.75) is 44.6 Å². The highest BCUT2D eigenvalue weighted by Crippen LogP contribution is 2.39. The molecular formula is C14H16FN5O2. The van der Waals surface area contributed by atoms with Crippen LogP contribution in [0.5, 0.6) is 0 Å². The van der Waals surface area contributed by atoms with Gasteiger partial charge in [-0.3, -0.25) is 4.57 Å². The molecule has 0 saturated carbocycles. The van der Waals surface area contributed by atoms with Crippen LogP contribution in [0.4, 0.5) is 10.2 Å². The second-order valence-electron chi connectivity index (χ2n) is 5.20. The van der Waals surface area contributed by atoms with Crippen molar-refractivity contribution in [1.82, 2.24) is 19.5 Å². The number of hydrogen-bond donors (Lipinski definition) is 2. The van der Waals surface area contributed by atoms with Crippen molar-refractivity contribution in [1.29, 1.82) is 0 Å². The van der Waals surface area contributed by atoms with Gasteiger partial charge < -0.3 is 15.6 Å². The van der Waals surface area contributed by atoms with Crippen LogP contribution in [0, 0.1) is 17.9 Å². The van der Waals surface area contributed by atoms with Crippen LogP contribution in [-0.2, 0) is 4.74 Å². The van der Waals surface area contributed by atoms with Crippen molar-refractivity contribution in [2.24, 2.45) is 0 Å². The van der Waals surface area contributed by atoms with Crippen molar-refractivity contribution >= 4 is 17.0 Å². The molecule has 1 saturated heterocycles. The van der Waals surface area contributed by atoms with Gasteiger partial charge in [0.1, 0.15) is 11.7 Å². The second kappa shape index (κ2) is 5.19. The Morgan fingerprint density at radius 1 is 1.59 bits per heavy atom. The Labute approximate surface area is 126 Å². The number of aliphatic hydroxyl groups is 1. The van der Waals surface area contributed by atoms with E-state index in [1.54, 1.807) is 6.92 Å². The van der Waals surface area contributed by atoms with E-state index in [2.05, 4.69) is 26.8 Å². The lowest BCUT2D eigenvalue weighted by Gasteiger charge is -2.22. The minimum absolute atomic E-state index is 0.0520. The lowest BCUT2D eigenvalue weighted by molar-refractivity contribution is -0.0621. The molecule has 7 nitrogen and oxygen atoms in total. The zero-order valence-corrected chi connectivity index (χ0v) is 12.2. The number of halogens is 1. The van der Waals surface area contributed by atoms with Crippen LogP contribution >= 0.6 is 0 Å². The maximum absolute atomic E-state index is 13.4. The first-order valence-electron chi connectivity index (χ1n) is 6.95. The van der Waals surface area contributed by atoms with E-state index in [0.717, 1.165) is 0 Å². The third-order valence-corrected chi connectivity index (χ3v) is 3.83. The lowest BCUT2D eigenvalue weighted by Crippen LogP contribution is -2.25. The van der Waals surface area contributed by atoms with Crippen molar-refractivity contribution in [3.05, 3.63) is 12.4 Å². The molecule has 116 valence electrons. The summed E-state index contributed by atoms with van der Waals surface area (Å²) < 4.78 is 20.8. The second-order valence-corrected chi connectivity index (χ2v) is 5.20. The maximum Gasteiger partial charge on any atom is 0.312 e. The third kappa shape index (κ3) is 2.19. The average molecular weight is 305 g/mol. The number of aromatic nitrogens is 4. The van der Waals surface area contributed by atoms with Crippen LogP contribution in [0.1, 0.15) is 32.9 Å². The Balaban J connectivity index is 2.06. The summed E-state index contributed by atoms with van der Waals surface area (Å²) in [5, 5.41) is 10.3. The average Bonchev–Trinajstić information content (AvgIpc) is 3.01. The molecular weight excluding hydrogens is 289 g/mol. The van der Waals surface area contributed by atoms with Crippen LogP contribution in [-0.4, -0.2) is 36.3 Å². The summed E-state index contributed by atoms with van der Waals surface area (Å²) in [5.74, 6) is 5.78. The number of rotatable bonds is 2. The van der Waals surface area contributed by atoms with E-state index in [1.807, 2.05) is 6.92 Å². The topological polar surface area (TPSA) is 99.1 Å².